The number of nitrogens with zero attached hydrogens (tertiary/aromatic N) is 2. The van der Waals surface area contributed by atoms with Crippen LogP contribution in [0.3, 0.4) is 0 Å². The fourth-order valence-corrected chi connectivity index (χ4v) is 2.37. The second kappa shape index (κ2) is 7.24. The average Bonchev–Trinajstić information content (AvgIpc) is 2.76. The van der Waals surface area contributed by atoms with E-state index in [0.29, 0.717) is 10.7 Å². The minimum Gasteiger partial charge on any atom is -0.394 e. The molecule has 0 spiro atoms. The second-order valence-corrected chi connectivity index (χ2v) is 5.26. The number of aromatic nitrogens is 2. The van der Waals surface area contributed by atoms with Gasteiger partial charge >= 0.3 is 0 Å². The minimum absolute atomic E-state index is 0.170. The summed E-state index contributed by atoms with van der Waals surface area (Å²) in [5.74, 6) is -0.303. The minimum atomic E-state index is -0.441. The van der Waals surface area contributed by atoms with Crippen molar-refractivity contribution in [2.24, 2.45) is 7.05 Å². The molecule has 1 aromatic heterocycles. The number of amides is 1. The van der Waals surface area contributed by atoms with Crippen LogP contribution in [-0.2, 0) is 11.8 Å². The molecule has 2 rings (SSSR count). The van der Waals surface area contributed by atoms with Crippen LogP contribution in [0.1, 0.15) is 22.9 Å². The van der Waals surface area contributed by atoms with Crippen molar-refractivity contribution in [1.29, 1.82) is 0 Å². The van der Waals surface area contributed by atoms with Crippen molar-refractivity contribution in [3.05, 3.63) is 58.4 Å². The number of aliphatic hydroxyl groups is 1. The topological polar surface area (TPSA) is 67.2 Å². The SMILES string of the molecule is Cc1nn(C)c(Cl)c1/C=C/C(=O)NC(CO)c1ccccc1. The van der Waals surface area contributed by atoms with Crippen molar-refractivity contribution < 1.29 is 9.90 Å². The number of benzene rings is 1. The summed E-state index contributed by atoms with van der Waals surface area (Å²) in [5, 5.41) is 16.8. The van der Waals surface area contributed by atoms with Gasteiger partial charge in [-0.1, -0.05) is 41.9 Å². The van der Waals surface area contributed by atoms with Gasteiger partial charge in [0.2, 0.25) is 5.91 Å². The highest BCUT2D eigenvalue weighted by molar-refractivity contribution is 6.31. The maximum absolute atomic E-state index is 12.0. The molecule has 1 atom stereocenters. The number of halogens is 1. The normalized spacial score (nSPS) is 12.5. The highest BCUT2D eigenvalue weighted by atomic mass is 35.5. The maximum Gasteiger partial charge on any atom is 0.244 e. The quantitative estimate of drug-likeness (QED) is 0.831. The van der Waals surface area contributed by atoms with E-state index < -0.39 is 6.04 Å². The number of hydrogen-bond donors (Lipinski definition) is 2. The van der Waals surface area contributed by atoms with Crippen molar-refractivity contribution in [3.63, 3.8) is 0 Å². The molecule has 0 aliphatic heterocycles. The van der Waals surface area contributed by atoms with Gasteiger partial charge in [0.1, 0.15) is 5.15 Å². The number of carbonyl (C=O) groups excluding carboxylic acids is 1. The Bertz CT molecular complexity index is 680. The van der Waals surface area contributed by atoms with Crippen LogP contribution in [0.5, 0.6) is 0 Å². The molecular formula is C16H18ClN3O2. The summed E-state index contributed by atoms with van der Waals surface area (Å²) in [5.41, 5.74) is 2.31. The number of rotatable bonds is 5. The van der Waals surface area contributed by atoms with Gasteiger partial charge < -0.3 is 10.4 Å². The van der Waals surface area contributed by atoms with Crippen LogP contribution in [0.15, 0.2) is 36.4 Å². The van der Waals surface area contributed by atoms with E-state index in [-0.39, 0.29) is 12.5 Å². The van der Waals surface area contributed by atoms with Crippen molar-refractivity contribution >= 4 is 23.6 Å². The van der Waals surface area contributed by atoms with E-state index >= 15 is 0 Å². The molecule has 5 nitrogen and oxygen atoms in total. The van der Waals surface area contributed by atoms with Crippen molar-refractivity contribution in [1.82, 2.24) is 15.1 Å². The molecule has 0 radical (unpaired) electrons. The second-order valence-electron chi connectivity index (χ2n) is 4.90. The Labute approximate surface area is 134 Å². The number of carbonyl (C=O) groups is 1. The lowest BCUT2D eigenvalue weighted by Gasteiger charge is -2.15. The Morgan fingerprint density at radius 1 is 1.45 bits per heavy atom. The summed E-state index contributed by atoms with van der Waals surface area (Å²) in [6, 6.07) is 8.87. The van der Waals surface area contributed by atoms with E-state index in [0.717, 1.165) is 11.3 Å². The first kappa shape index (κ1) is 16.3. The molecular weight excluding hydrogens is 302 g/mol. The van der Waals surface area contributed by atoms with Gasteiger partial charge in [0.05, 0.1) is 18.3 Å². The zero-order valence-electron chi connectivity index (χ0n) is 12.5. The molecule has 0 aliphatic carbocycles. The van der Waals surface area contributed by atoms with Crippen LogP contribution in [0.4, 0.5) is 0 Å². The number of aliphatic hydroxyl groups excluding tert-OH is 1. The van der Waals surface area contributed by atoms with Crippen molar-refractivity contribution in [2.75, 3.05) is 6.61 Å². The van der Waals surface area contributed by atoms with Crippen LogP contribution < -0.4 is 5.32 Å². The molecule has 1 heterocycles. The summed E-state index contributed by atoms with van der Waals surface area (Å²) < 4.78 is 1.55. The van der Waals surface area contributed by atoms with Gasteiger partial charge in [0.25, 0.3) is 0 Å². The third kappa shape index (κ3) is 3.75. The van der Waals surface area contributed by atoms with Crippen molar-refractivity contribution in [3.8, 4) is 0 Å². The maximum atomic E-state index is 12.0. The Hall–Kier alpha value is -2.11. The zero-order chi connectivity index (χ0) is 16.1. The highest BCUT2D eigenvalue weighted by Gasteiger charge is 2.12. The summed E-state index contributed by atoms with van der Waals surface area (Å²) >= 11 is 6.10. The van der Waals surface area contributed by atoms with E-state index in [4.69, 9.17) is 11.6 Å². The molecule has 1 aromatic carbocycles. The van der Waals surface area contributed by atoms with Gasteiger partial charge in [-0.15, -0.1) is 0 Å². The molecule has 0 bridgehead atoms. The molecule has 22 heavy (non-hydrogen) atoms. The molecule has 2 N–H and O–H groups in total. The van der Waals surface area contributed by atoms with Gasteiger partial charge in [0.15, 0.2) is 0 Å². The lowest BCUT2D eigenvalue weighted by atomic mass is 10.1. The molecule has 0 aliphatic rings. The molecule has 0 fully saturated rings. The van der Waals surface area contributed by atoms with Gasteiger partial charge in [-0.3, -0.25) is 9.48 Å². The fraction of sp³-hybridized carbons (Fsp3) is 0.250. The molecule has 2 aromatic rings. The Kier molecular flexibility index (Phi) is 5.35. The molecule has 6 heteroatoms. The summed E-state index contributed by atoms with van der Waals surface area (Å²) in [4.78, 5) is 12.0. The smallest absolute Gasteiger partial charge is 0.244 e. The molecule has 0 saturated carbocycles. The highest BCUT2D eigenvalue weighted by Crippen LogP contribution is 2.20. The molecule has 0 saturated heterocycles. The average molecular weight is 320 g/mol. The summed E-state index contributed by atoms with van der Waals surface area (Å²) in [6.07, 6.45) is 3.01. The van der Waals surface area contributed by atoms with Crippen LogP contribution >= 0.6 is 11.6 Å². The summed E-state index contributed by atoms with van der Waals surface area (Å²) in [7, 11) is 1.74. The lowest BCUT2D eigenvalue weighted by molar-refractivity contribution is -0.117. The van der Waals surface area contributed by atoms with E-state index in [9.17, 15) is 9.90 Å². The zero-order valence-corrected chi connectivity index (χ0v) is 13.2. The van der Waals surface area contributed by atoms with Crippen molar-refractivity contribution in [2.45, 2.75) is 13.0 Å². The van der Waals surface area contributed by atoms with Gasteiger partial charge in [-0.25, -0.2) is 0 Å². The van der Waals surface area contributed by atoms with Crippen LogP contribution in [0.2, 0.25) is 5.15 Å². The van der Waals surface area contributed by atoms with Crippen LogP contribution in [0, 0.1) is 6.92 Å². The van der Waals surface area contributed by atoms with Gasteiger partial charge in [-0.2, -0.15) is 5.10 Å². The standard InChI is InChI=1S/C16H18ClN3O2/c1-11-13(16(17)20(2)19-11)8-9-15(22)18-14(10-21)12-6-4-3-5-7-12/h3-9,14,21H,10H2,1-2H3,(H,18,22)/b9-8+. The third-order valence-electron chi connectivity index (χ3n) is 3.30. The first-order valence-electron chi connectivity index (χ1n) is 6.86. The van der Waals surface area contributed by atoms with Gasteiger partial charge in [-0.05, 0) is 18.6 Å². The predicted molar refractivity (Wildman–Crippen MR) is 86.4 cm³/mol. The molecule has 1 unspecified atom stereocenters. The molecule has 1 amide bonds. The lowest BCUT2D eigenvalue weighted by Crippen LogP contribution is -2.29. The first-order chi connectivity index (χ1) is 10.5. The number of nitrogens with one attached hydrogen (secondary N) is 1. The predicted octanol–water partition coefficient (Wildman–Crippen LogP) is 2.24. The Morgan fingerprint density at radius 3 is 2.68 bits per heavy atom. The third-order valence-corrected chi connectivity index (χ3v) is 3.75. The van der Waals surface area contributed by atoms with E-state index in [2.05, 4.69) is 10.4 Å². The van der Waals surface area contributed by atoms with E-state index in [1.165, 1.54) is 6.08 Å². The van der Waals surface area contributed by atoms with Gasteiger partial charge in [0, 0.05) is 18.7 Å². The van der Waals surface area contributed by atoms with E-state index in [1.54, 1.807) is 17.8 Å². The summed E-state index contributed by atoms with van der Waals surface area (Å²) in [6.45, 7) is 1.65. The Morgan fingerprint density at radius 2 is 2.14 bits per heavy atom. The monoisotopic (exact) mass is 319 g/mol. The fourth-order valence-electron chi connectivity index (χ4n) is 2.13. The largest absolute Gasteiger partial charge is 0.394 e. The molecule has 116 valence electrons. The Balaban J connectivity index is 2.07. The van der Waals surface area contributed by atoms with Crippen LogP contribution in [-0.4, -0.2) is 27.4 Å². The van der Waals surface area contributed by atoms with Crippen LogP contribution in [0.25, 0.3) is 6.08 Å². The number of hydrogen-bond acceptors (Lipinski definition) is 3. The number of aryl methyl sites for hydroxylation is 2. The van der Waals surface area contributed by atoms with E-state index in [1.807, 2.05) is 37.3 Å². The first-order valence-corrected chi connectivity index (χ1v) is 7.24.